The Hall–Kier alpha value is -0.800. The van der Waals surface area contributed by atoms with Crippen molar-refractivity contribution in [1.29, 1.82) is 0 Å². The van der Waals surface area contributed by atoms with Crippen LogP contribution in [0.5, 0.6) is 0 Å². The molecule has 3 unspecified atom stereocenters. The normalized spacial score (nSPS) is 33.4. The number of aliphatic hydroxyl groups excluding tert-OH is 1. The Morgan fingerprint density at radius 3 is 2.52 bits per heavy atom. The molecular weight excluding hydrogens is 508 g/mol. The highest BCUT2D eigenvalue weighted by atomic mass is 79.9. The molecule has 3 saturated heterocycles. The number of rotatable bonds is 9. The highest BCUT2D eigenvalue weighted by Gasteiger charge is 2.75. The van der Waals surface area contributed by atoms with Gasteiger partial charge in [-0.05, 0) is 51.9 Å². The number of fused-ring (bicyclic) bond motifs is 1. The zero-order valence-electron chi connectivity index (χ0n) is 20.7. The number of unbranched alkanes of at least 4 members (excludes halogenated alkanes) is 1. The van der Waals surface area contributed by atoms with Crippen molar-refractivity contribution in [2.75, 3.05) is 19.8 Å². The molecule has 9 heteroatoms. The fourth-order valence-electron chi connectivity index (χ4n) is 6.34. The Balaban J connectivity index is 1.96. The average molecular weight is 548 g/mol. The van der Waals surface area contributed by atoms with Crippen LogP contribution in [0.2, 0.25) is 0 Å². The number of likely N-dealkylation sites (tertiary alicyclic amines) is 1. The molecule has 0 aromatic carbocycles. The van der Waals surface area contributed by atoms with Gasteiger partial charge >= 0.3 is 5.97 Å². The van der Waals surface area contributed by atoms with Crippen molar-refractivity contribution in [2.24, 2.45) is 17.3 Å². The maximum absolute atomic E-state index is 13.9. The molecule has 1 spiro atoms. The number of carbonyl (C=O) groups is 3. The molecule has 0 saturated carbocycles. The Morgan fingerprint density at radius 2 is 1.94 bits per heavy atom. The largest absolute Gasteiger partial charge is 0.466 e. The Bertz CT molecular complexity index is 785. The molecule has 3 fully saturated rings. The second-order valence-electron chi connectivity index (χ2n) is 11.5. The molecule has 188 valence electrons. The molecule has 2 bridgehead atoms. The number of esters is 1. The molecule has 3 heterocycles. The van der Waals surface area contributed by atoms with E-state index in [0.29, 0.717) is 25.8 Å². The molecule has 2 amide bonds. The van der Waals surface area contributed by atoms with Gasteiger partial charge in [-0.3, -0.25) is 14.4 Å². The van der Waals surface area contributed by atoms with E-state index >= 15 is 0 Å². The van der Waals surface area contributed by atoms with Crippen molar-refractivity contribution in [1.82, 2.24) is 10.2 Å². The molecule has 33 heavy (non-hydrogen) atoms. The lowest BCUT2D eigenvalue weighted by Gasteiger charge is -2.39. The number of aliphatic hydroxyl groups is 1. The third-order valence-electron chi connectivity index (χ3n) is 6.84. The molecule has 3 aliphatic rings. The maximum Gasteiger partial charge on any atom is 0.310 e. The average Bonchev–Trinajstić information content (AvgIpc) is 3.23. The number of amides is 2. The standard InChI is InChI=1S/C24H39BrN2O5S/c1-7-32-21(31)15-16-20(30)27(10-8-9-11-28)18(24(16)12-14(25)17(15)33-24)19(29)26-23(5,6)13-22(2,3)4/h14-18,28H,7-13H2,1-6H3,(H,26,29)/t14?,15-,16-,17-,18?,24?/m0/s1. The Kier molecular flexibility index (Phi) is 7.87. The van der Waals surface area contributed by atoms with Crippen LogP contribution in [-0.4, -0.2) is 74.0 Å². The summed E-state index contributed by atoms with van der Waals surface area (Å²) >= 11 is 5.37. The fraction of sp³-hybridized carbons (Fsp3) is 0.875. The summed E-state index contributed by atoms with van der Waals surface area (Å²) in [6, 6.07) is -0.651. The summed E-state index contributed by atoms with van der Waals surface area (Å²) in [6.45, 7) is 12.9. The number of halogens is 1. The molecule has 3 rings (SSSR count). The van der Waals surface area contributed by atoms with Gasteiger partial charge in [-0.25, -0.2) is 0 Å². The summed E-state index contributed by atoms with van der Waals surface area (Å²) in [5.74, 6) is -1.74. The van der Waals surface area contributed by atoms with E-state index in [1.807, 2.05) is 13.8 Å². The molecule has 7 nitrogen and oxygen atoms in total. The molecule has 0 aliphatic carbocycles. The maximum atomic E-state index is 13.9. The summed E-state index contributed by atoms with van der Waals surface area (Å²) in [6.07, 6.45) is 2.61. The van der Waals surface area contributed by atoms with Crippen molar-refractivity contribution >= 4 is 45.5 Å². The zero-order valence-corrected chi connectivity index (χ0v) is 23.1. The third kappa shape index (κ3) is 5.10. The predicted molar refractivity (Wildman–Crippen MR) is 133 cm³/mol. The molecular formula is C24H39BrN2O5S. The number of nitrogens with one attached hydrogen (secondary N) is 1. The van der Waals surface area contributed by atoms with Gasteiger partial charge in [0.1, 0.15) is 6.04 Å². The van der Waals surface area contributed by atoms with Gasteiger partial charge in [-0.1, -0.05) is 36.7 Å². The van der Waals surface area contributed by atoms with Gasteiger partial charge in [0, 0.05) is 28.8 Å². The lowest BCUT2D eigenvalue weighted by Crippen LogP contribution is -2.58. The van der Waals surface area contributed by atoms with Crippen molar-refractivity contribution in [3.05, 3.63) is 0 Å². The second kappa shape index (κ2) is 9.69. The lowest BCUT2D eigenvalue weighted by atomic mass is 9.71. The third-order valence-corrected chi connectivity index (χ3v) is 10.1. The van der Waals surface area contributed by atoms with Crippen LogP contribution in [0, 0.1) is 17.3 Å². The van der Waals surface area contributed by atoms with Crippen LogP contribution in [0.15, 0.2) is 0 Å². The van der Waals surface area contributed by atoms with Crippen molar-refractivity contribution < 1.29 is 24.2 Å². The number of thioether (sulfide) groups is 1. The lowest BCUT2D eigenvalue weighted by molar-refractivity contribution is -0.153. The van der Waals surface area contributed by atoms with Crippen LogP contribution in [0.1, 0.15) is 67.2 Å². The van der Waals surface area contributed by atoms with Crippen LogP contribution in [0.3, 0.4) is 0 Å². The van der Waals surface area contributed by atoms with E-state index in [2.05, 4.69) is 42.0 Å². The monoisotopic (exact) mass is 546 g/mol. The number of hydrogen-bond donors (Lipinski definition) is 2. The van der Waals surface area contributed by atoms with Crippen molar-refractivity contribution in [3.63, 3.8) is 0 Å². The summed E-state index contributed by atoms with van der Waals surface area (Å²) in [5.41, 5.74) is -0.417. The van der Waals surface area contributed by atoms with Crippen LogP contribution in [0.4, 0.5) is 0 Å². The first-order chi connectivity index (χ1) is 15.3. The van der Waals surface area contributed by atoms with Gasteiger partial charge in [-0.15, -0.1) is 11.8 Å². The van der Waals surface area contributed by atoms with Crippen molar-refractivity contribution in [3.8, 4) is 0 Å². The van der Waals surface area contributed by atoms with Crippen LogP contribution in [0.25, 0.3) is 0 Å². The quantitative estimate of drug-likeness (QED) is 0.262. The molecule has 0 radical (unpaired) electrons. The highest BCUT2D eigenvalue weighted by molar-refractivity contribution is 9.09. The fourth-order valence-corrected chi connectivity index (χ4v) is 9.95. The van der Waals surface area contributed by atoms with Gasteiger partial charge in [0.25, 0.3) is 0 Å². The Labute approximate surface area is 210 Å². The van der Waals surface area contributed by atoms with Crippen LogP contribution >= 0.6 is 27.7 Å². The van der Waals surface area contributed by atoms with Gasteiger partial charge in [-0.2, -0.15) is 0 Å². The van der Waals surface area contributed by atoms with E-state index in [0.717, 1.165) is 6.42 Å². The van der Waals surface area contributed by atoms with Gasteiger partial charge < -0.3 is 20.1 Å². The topological polar surface area (TPSA) is 95.9 Å². The molecule has 0 aromatic rings. The summed E-state index contributed by atoms with van der Waals surface area (Å²) < 4.78 is 4.71. The minimum absolute atomic E-state index is 0.0282. The highest BCUT2D eigenvalue weighted by Crippen LogP contribution is 2.67. The minimum Gasteiger partial charge on any atom is -0.466 e. The SMILES string of the molecule is CCOC(=O)[C@H]1[C@H]2C(=O)N(CCCCO)C(C(=O)NC(C)(C)CC(C)(C)C)C23CC(Br)[C@@H]1S3. The molecule has 2 N–H and O–H groups in total. The molecule has 0 aromatic heterocycles. The van der Waals surface area contributed by atoms with E-state index in [1.165, 1.54) is 0 Å². The molecule has 6 atom stereocenters. The van der Waals surface area contributed by atoms with Gasteiger partial charge in [0.15, 0.2) is 0 Å². The Morgan fingerprint density at radius 1 is 1.27 bits per heavy atom. The van der Waals surface area contributed by atoms with E-state index in [1.54, 1.807) is 23.6 Å². The van der Waals surface area contributed by atoms with Gasteiger partial charge in [0.2, 0.25) is 11.8 Å². The van der Waals surface area contributed by atoms with Crippen LogP contribution < -0.4 is 5.32 Å². The first-order valence-corrected chi connectivity index (χ1v) is 13.8. The number of hydrogen-bond acceptors (Lipinski definition) is 6. The van der Waals surface area contributed by atoms with Crippen molar-refractivity contribution in [2.45, 2.75) is 93.6 Å². The molecule has 3 aliphatic heterocycles. The van der Waals surface area contributed by atoms with E-state index in [-0.39, 0.29) is 46.5 Å². The number of ether oxygens (including phenoxy) is 1. The van der Waals surface area contributed by atoms with Gasteiger partial charge in [0.05, 0.1) is 23.2 Å². The first-order valence-electron chi connectivity index (χ1n) is 12.0. The van der Waals surface area contributed by atoms with E-state index in [9.17, 15) is 19.5 Å². The van der Waals surface area contributed by atoms with E-state index < -0.39 is 28.2 Å². The number of alkyl halides is 1. The smallest absolute Gasteiger partial charge is 0.310 e. The zero-order chi connectivity index (χ0) is 24.8. The second-order valence-corrected chi connectivity index (χ2v) is 14.2. The summed E-state index contributed by atoms with van der Waals surface area (Å²) in [7, 11) is 0. The number of carbonyl (C=O) groups excluding carboxylic acids is 3. The summed E-state index contributed by atoms with van der Waals surface area (Å²) in [5, 5.41) is 12.4. The predicted octanol–water partition coefficient (Wildman–Crippen LogP) is 3.12. The first kappa shape index (κ1) is 26.8. The van der Waals surface area contributed by atoms with E-state index in [4.69, 9.17) is 4.74 Å². The van der Waals surface area contributed by atoms with Crippen LogP contribution in [-0.2, 0) is 19.1 Å². The number of nitrogens with zero attached hydrogens (tertiary/aromatic N) is 1. The minimum atomic E-state index is -0.658. The summed E-state index contributed by atoms with van der Waals surface area (Å²) in [4.78, 5) is 42.3.